The quantitative estimate of drug-likeness (QED) is 0.277. The van der Waals surface area contributed by atoms with Crippen molar-refractivity contribution in [3.05, 3.63) is 0 Å². The fourth-order valence-electron chi connectivity index (χ4n) is 0. The Morgan fingerprint density at radius 1 is 1.12 bits per heavy atom. The summed E-state index contributed by atoms with van der Waals surface area (Å²) >= 11 is 0. The van der Waals surface area contributed by atoms with E-state index in [-0.39, 0.29) is 31.1 Å². The van der Waals surface area contributed by atoms with Gasteiger partial charge in [0.1, 0.15) is 0 Å². The van der Waals surface area contributed by atoms with Crippen molar-refractivity contribution in [1.29, 1.82) is 0 Å². The topological polar surface area (TPSA) is 148 Å². The van der Waals surface area contributed by atoms with E-state index < -0.39 is 10.4 Å². The van der Waals surface area contributed by atoms with Gasteiger partial charge in [-0.25, -0.2) is 0 Å². The second-order valence-corrected chi connectivity index (χ2v) is 1.22. The van der Waals surface area contributed by atoms with E-state index in [0.29, 0.717) is 0 Å². The zero-order valence-electron chi connectivity index (χ0n) is 4.25. The van der Waals surface area contributed by atoms with Crippen LogP contribution >= 0.6 is 0 Å². The standard InChI is InChI=1S/H3N.H2O4S.H2O.Zn/c;1-5(2,3)4;;/h1H3;(H2,1,2,3,4);1H2;/q;;;+2/p-1. The van der Waals surface area contributed by atoms with E-state index in [2.05, 4.69) is 0 Å². The zero-order valence-corrected chi connectivity index (χ0v) is 8.03. The minimum absolute atomic E-state index is 0. The Labute approximate surface area is 59.5 Å². The fraction of sp³-hybridized carbons (Fsp3) is 0. The normalized spacial score (nSPS) is 7.25. The Kier molecular flexibility index (Phi) is 22.0. The molecular formula is H6NO5SZn+. The van der Waals surface area contributed by atoms with E-state index in [4.69, 9.17) is 17.5 Å². The Morgan fingerprint density at radius 3 is 1.12 bits per heavy atom. The van der Waals surface area contributed by atoms with Crippen LogP contribution in [-0.2, 0) is 29.9 Å². The second-order valence-electron chi connectivity index (χ2n) is 0.408. The van der Waals surface area contributed by atoms with Gasteiger partial charge in [0.05, 0.1) is 0 Å². The largest absolute Gasteiger partial charge is 2.00 e. The van der Waals surface area contributed by atoms with E-state index in [1.807, 2.05) is 0 Å². The average molecular weight is 198 g/mol. The summed E-state index contributed by atoms with van der Waals surface area (Å²) in [5.74, 6) is 0. The summed E-state index contributed by atoms with van der Waals surface area (Å²) in [6.45, 7) is 0. The van der Waals surface area contributed by atoms with Gasteiger partial charge in [0.25, 0.3) is 0 Å². The summed E-state index contributed by atoms with van der Waals surface area (Å²) < 4.78 is 34.1. The Balaban J connectivity index is -0.0000000267. The first-order valence-electron chi connectivity index (χ1n) is 0.667. The first-order valence-corrected chi connectivity index (χ1v) is 2.00. The van der Waals surface area contributed by atoms with Crippen molar-refractivity contribution < 1.29 is 42.5 Å². The van der Waals surface area contributed by atoms with Crippen LogP contribution in [0.15, 0.2) is 0 Å². The molecule has 0 atom stereocenters. The monoisotopic (exact) mass is 196 g/mol. The van der Waals surface area contributed by atoms with E-state index in [1.54, 1.807) is 0 Å². The van der Waals surface area contributed by atoms with Gasteiger partial charge in [-0.1, -0.05) is 0 Å². The van der Waals surface area contributed by atoms with Crippen molar-refractivity contribution in [2.45, 2.75) is 0 Å². The molecule has 0 saturated carbocycles. The molecule has 48 valence electrons. The summed E-state index contributed by atoms with van der Waals surface area (Å²) in [6.07, 6.45) is 0. The first kappa shape index (κ1) is 23.7. The molecule has 0 heterocycles. The average Bonchev–Trinajstić information content (AvgIpc) is 0.722. The number of quaternary nitrogens is 1. The van der Waals surface area contributed by atoms with Gasteiger partial charge in [-0.15, -0.1) is 0 Å². The van der Waals surface area contributed by atoms with Gasteiger partial charge in [-0.2, -0.15) is 0 Å². The van der Waals surface area contributed by atoms with Crippen molar-refractivity contribution in [3.8, 4) is 0 Å². The third kappa shape index (κ3) is 1100. The van der Waals surface area contributed by atoms with Crippen LogP contribution in [0.25, 0.3) is 0 Å². The molecule has 0 fully saturated rings. The molecule has 0 saturated heterocycles. The Bertz CT molecular complexity index is 95.6. The maximum Gasteiger partial charge on any atom is 2.00 e. The summed E-state index contributed by atoms with van der Waals surface area (Å²) in [5, 5.41) is 0. The van der Waals surface area contributed by atoms with Crippen LogP contribution in [0, 0.1) is 0 Å². The molecule has 0 radical (unpaired) electrons. The van der Waals surface area contributed by atoms with Crippen LogP contribution in [-0.4, -0.2) is 23.0 Å². The van der Waals surface area contributed by atoms with Gasteiger partial charge in [0, 0.05) is 10.4 Å². The second kappa shape index (κ2) is 7.41. The SMILES string of the molecule is O.O=S(=O)([O-])[O-].[NH4+].[Zn+2]. The molecule has 6 N–H and O–H groups in total. The van der Waals surface area contributed by atoms with Crippen LogP contribution in [0.4, 0.5) is 0 Å². The van der Waals surface area contributed by atoms with Crippen LogP contribution in [0.2, 0.25) is 0 Å². The first-order chi connectivity index (χ1) is 2.00. The molecule has 0 aliphatic heterocycles. The maximum atomic E-state index is 8.52. The maximum absolute atomic E-state index is 8.52. The molecule has 0 aromatic carbocycles. The third-order valence-corrected chi connectivity index (χ3v) is 0. The Morgan fingerprint density at radius 2 is 1.12 bits per heavy atom. The van der Waals surface area contributed by atoms with Crippen molar-refractivity contribution in [2.24, 2.45) is 0 Å². The Hall–Kier alpha value is 0.413. The molecular weight excluding hydrogens is 191 g/mol. The number of hydrogen-bond donors (Lipinski definition) is 1. The third-order valence-electron chi connectivity index (χ3n) is 0. The van der Waals surface area contributed by atoms with Gasteiger partial charge < -0.3 is 20.7 Å². The van der Waals surface area contributed by atoms with Crippen LogP contribution in [0.3, 0.4) is 0 Å². The molecule has 0 aliphatic rings. The predicted molar refractivity (Wildman–Crippen MR) is 20.1 cm³/mol. The summed E-state index contributed by atoms with van der Waals surface area (Å²) in [5.41, 5.74) is 0. The van der Waals surface area contributed by atoms with Gasteiger partial charge in [0.15, 0.2) is 0 Å². The molecule has 0 amide bonds. The molecule has 0 rings (SSSR count). The number of rotatable bonds is 0. The van der Waals surface area contributed by atoms with Crippen LogP contribution in [0.5, 0.6) is 0 Å². The summed E-state index contributed by atoms with van der Waals surface area (Å²) in [4.78, 5) is 0. The number of hydrogen-bond acceptors (Lipinski definition) is 4. The van der Waals surface area contributed by atoms with Crippen LogP contribution in [0.1, 0.15) is 0 Å². The van der Waals surface area contributed by atoms with Crippen LogP contribution < -0.4 is 6.15 Å². The minimum Gasteiger partial charge on any atom is -0.759 e. The van der Waals surface area contributed by atoms with E-state index in [1.165, 1.54) is 0 Å². The van der Waals surface area contributed by atoms with E-state index in [9.17, 15) is 0 Å². The van der Waals surface area contributed by atoms with Crippen molar-refractivity contribution >= 4 is 10.4 Å². The van der Waals surface area contributed by atoms with Gasteiger partial charge >= 0.3 is 19.5 Å². The van der Waals surface area contributed by atoms with E-state index >= 15 is 0 Å². The molecule has 0 unspecified atom stereocenters. The summed E-state index contributed by atoms with van der Waals surface area (Å²) in [6, 6.07) is 0. The molecule has 0 bridgehead atoms. The minimum atomic E-state index is -5.17. The molecule has 0 aliphatic carbocycles. The molecule has 0 aromatic rings. The molecule has 0 aromatic heterocycles. The van der Waals surface area contributed by atoms with Gasteiger partial charge in [0.2, 0.25) is 0 Å². The van der Waals surface area contributed by atoms with Crippen molar-refractivity contribution in [2.75, 3.05) is 0 Å². The molecule has 0 spiro atoms. The van der Waals surface area contributed by atoms with E-state index in [0.717, 1.165) is 0 Å². The molecule has 6 nitrogen and oxygen atoms in total. The van der Waals surface area contributed by atoms with Gasteiger partial charge in [-0.3, -0.25) is 8.42 Å². The smallest absolute Gasteiger partial charge is 0.759 e. The fourth-order valence-corrected chi connectivity index (χ4v) is 0. The molecule has 8 heteroatoms. The summed E-state index contributed by atoms with van der Waals surface area (Å²) in [7, 11) is -5.17. The zero-order chi connectivity index (χ0) is 4.50. The van der Waals surface area contributed by atoms with Gasteiger partial charge in [-0.05, 0) is 0 Å². The van der Waals surface area contributed by atoms with Crippen molar-refractivity contribution in [1.82, 2.24) is 6.15 Å². The van der Waals surface area contributed by atoms with Crippen molar-refractivity contribution in [3.63, 3.8) is 0 Å². The molecule has 8 heavy (non-hydrogen) atoms. The predicted octanol–water partition coefficient (Wildman–Crippen LogP) is -1.79.